The second-order valence-electron chi connectivity index (χ2n) is 4.74. The molecule has 0 unspecified atom stereocenters. The summed E-state index contributed by atoms with van der Waals surface area (Å²) in [6, 6.07) is 4.41. The van der Waals surface area contributed by atoms with Crippen molar-refractivity contribution in [2.75, 3.05) is 6.61 Å². The third-order valence-corrected chi connectivity index (χ3v) is 3.44. The maximum absolute atomic E-state index is 13.3. The zero-order valence-corrected chi connectivity index (χ0v) is 13.5. The molecule has 2 aromatic rings. The lowest BCUT2D eigenvalue weighted by atomic mass is 10.1. The average molecular weight is 356 g/mol. The van der Waals surface area contributed by atoms with Crippen LogP contribution >= 0.6 is 15.9 Å². The Labute approximate surface area is 130 Å². The molecule has 0 saturated carbocycles. The van der Waals surface area contributed by atoms with Gasteiger partial charge in [-0.25, -0.2) is 14.2 Å². The lowest BCUT2D eigenvalue weighted by molar-refractivity contribution is 0.0488. The summed E-state index contributed by atoms with van der Waals surface area (Å²) >= 11 is 3.12. The van der Waals surface area contributed by atoms with Crippen LogP contribution in [0.1, 0.15) is 42.9 Å². The molecule has 2 rings (SSSR count). The number of esters is 1. The van der Waals surface area contributed by atoms with Crippen molar-refractivity contribution in [2.45, 2.75) is 26.7 Å². The number of hydrogen-bond acceptors (Lipinski definition) is 4. The highest BCUT2D eigenvalue weighted by Crippen LogP contribution is 2.29. The molecule has 4 nitrogen and oxygen atoms in total. The molecule has 0 aliphatic carbocycles. The van der Waals surface area contributed by atoms with Gasteiger partial charge in [0, 0.05) is 5.56 Å². The highest BCUT2D eigenvalue weighted by Gasteiger charge is 2.24. The van der Waals surface area contributed by atoms with Gasteiger partial charge in [-0.05, 0) is 47.0 Å². The van der Waals surface area contributed by atoms with E-state index in [9.17, 15) is 9.18 Å². The van der Waals surface area contributed by atoms with Crippen LogP contribution in [0.4, 0.5) is 4.39 Å². The first-order valence-electron chi connectivity index (χ1n) is 6.57. The SMILES string of the molecule is CCOC(=O)c1oc(-c2ccc(F)c(Br)c2)nc1C(C)C. The van der Waals surface area contributed by atoms with Crippen molar-refractivity contribution < 1.29 is 18.3 Å². The molecule has 0 saturated heterocycles. The summed E-state index contributed by atoms with van der Waals surface area (Å²) in [5.41, 5.74) is 1.12. The van der Waals surface area contributed by atoms with E-state index in [4.69, 9.17) is 9.15 Å². The largest absolute Gasteiger partial charge is 0.460 e. The predicted octanol–water partition coefficient (Wildman–Crippen LogP) is 4.54. The minimum Gasteiger partial charge on any atom is -0.460 e. The number of carbonyl (C=O) groups is 1. The summed E-state index contributed by atoms with van der Waals surface area (Å²) < 4.78 is 24.1. The van der Waals surface area contributed by atoms with E-state index in [1.54, 1.807) is 19.1 Å². The highest BCUT2D eigenvalue weighted by atomic mass is 79.9. The second-order valence-corrected chi connectivity index (χ2v) is 5.59. The molecule has 0 aliphatic heterocycles. The van der Waals surface area contributed by atoms with Crippen molar-refractivity contribution in [3.05, 3.63) is 39.9 Å². The first-order chi connectivity index (χ1) is 9.93. The zero-order valence-electron chi connectivity index (χ0n) is 11.9. The van der Waals surface area contributed by atoms with E-state index < -0.39 is 5.97 Å². The van der Waals surface area contributed by atoms with Gasteiger partial charge in [-0.1, -0.05) is 13.8 Å². The van der Waals surface area contributed by atoms with Crippen LogP contribution in [-0.2, 0) is 4.74 Å². The number of ether oxygens (including phenoxy) is 1. The van der Waals surface area contributed by atoms with Crippen LogP contribution in [0.3, 0.4) is 0 Å². The molecule has 0 aliphatic rings. The first-order valence-corrected chi connectivity index (χ1v) is 7.36. The van der Waals surface area contributed by atoms with Gasteiger partial charge >= 0.3 is 5.97 Å². The van der Waals surface area contributed by atoms with Crippen molar-refractivity contribution in [3.63, 3.8) is 0 Å². The number of aromatic nitrogens is 1. The van der Waals surface area contributed by atoms with E-state index in [0.717, 1.165) is 0 Å². The van der Waals surface area contributed by atoms with Gasteiger partial charge in [0.05, 0.1) is 16.8 Å². The van der Waals surface area contributed by atoms with Crippen molar-refractivity contribution in [2.24, 2.45) is 0 Å². The van der Waals surface area contributed by atoms with E-state index >= 15 is 0 Å². The fraction of sp³-hybridized carbons (Fsp3) is 0.333. The minimum absolute atomic E-state index is 0.00537. The third kappa shape index (κ3) is 3.32. The summed E-state index contributed by atoms with van der Waals surface area (Å²) in [6.07, 6.45) is 0. The standard InChI is InChI=1S/C15H15BrFNO3/c1-4-20-15(19)13-12(8(2)3)18-14(21-13)9-5-6-11(17)10(16)7-9/h5-8H,4H2,1-3H3. The van der Waals surface area contributed by atoms with Gasteiger partial charge in [0.1, 0.15) is 5.82 Å². The van der Waals surface area contributed by atoms with Gasteiger partial charge in [0.15, 0.2) is 0 Å². The molecule has 6 heteroatoms. The molecule has 0 spiro atoms. The molecule has 1 heterocycles. The van der Waals surface area contributed by atoms with Gasteiger partial charge in [-0.3, -0.25) is 0 Å². The van der Waals surface area contributed by atoms with Crippen LogP contribution in [-0.4, -0.2) is 17.6 Å². The quantitative estimate of drug-likeness (QED) is 0.755. The van der Waals surface area contributed by atoms with E-state index in [-0.39, 0.29) is 30.0 Å². The van der Waals surface area contributed by atoms with E-state index in [1.165, 1.54) is 6.07 Å². The Bertz CT molecular complexity index is 667. The van der Waals surface area contributed by atoms with Crippen LogP contribution in [0.5, 0.6) is 0 Å². The molecule has 0 fully saturated rings. The predicted molar refractivity (Wildman–Crippen MR) is 79.6 cm³/mol. The normalized spacial score (nSPS) is 11.0. The smallest absolute Gasteiger partial charge is 0.376 e. The Kier molecular flexibility index (Phi) is 4.77. The van der Waals surface area contributed by atoms with E-state index in [1.807, 2.05) is 13.8 Å². The lowest BCUT2D eigenvalue weighted by Crippen LogP contribution is -2.07. The van der Waals surface area contributed by atoms with Crippen molar-refractivity contribution in [1.29, 1.82) is 0 Å². The second kappa shape index (κ2) is 6.39. The number of hydrogen-bond donors (Lipinski definition) is 0. The van der Waals surface area contributed by atoms with E-state index in [2.05, 4.69) is 20.9 Å². The summed E-state index contributed by atoms with van der Waals surface area (Å²) in [6.45, 7) is 5.80. The molecule has 0 bridgehead atoms. The molecular weight excluding hydrogens is 341 g/mol. The Morgan fingerprint density at radius 1 is 1.48 bits per heavy atom. The Morgan fingerprint density at radius 3 is 2.76 bits per heavy atom. The topological polar surface area (TPSA) is 52.3 Å². The Morgan fingerprint density at radius 2 is 2.19 bits per heavy atom. The van der Waals surface area contributed by atoms with Gasteiger partial charge in [-0.15, -0.1) is 0 Å². The molecular formula is C15H15BrFNO3. The number of rotatable bonds is 4. The number of benzene rings is 1. The van der Waals surface area contributed by atoms with E-state index in [0.29, 0.717) is 15.7 Å². The average Bonchev–Trinajstić information content (AvgIpc) is 2.87. The summed E-state index contributed by atoms with van der Waals surface area (Å²) in [4.78, 5) is 16.3. The molecule has 0 atom stereocenters. The van der Waals surface area contributed by atoms with Crippen molar-refractivity contribution >= 4 is 21.9 Å². The lowest BCUT2D eigenvalue weighted by Gasteiger charge is -2.02. The summed E-state index contributed by atoms with van der Waals surface area (Å²) in [7, 11) is 0. The zero-order chi connectivity index (χ0) is 15.6. The van der Waals surface area contributed by atoms with Crippen molar-refractivity contribution in [1.82, 2.24) is 4.98 Å². The number of oxazole rings is 1. The molecule has 112 valence electrons. The number of nitrogens with zero attached hydrogens (tertiary/aromatic N) is 1. The summed E-state index contributed by atoms with van der Waals surface area (Å²) in [5.74, 6) is -0.545. The van der Waals surface area contributed by atoms with Crippen molar-refractivity contribution in [3.8, 4) is 11.5 Å². The maximum atomic E-state index is 13.3. The first kappa shape index (κ1) is 15.7. The molecule has 0 amide bonds. The van der Waals surface area contributed by atoms with Gasteiger partial charge in [0.2, 0.25) is 11.7 Å². The van der Waals surface area contributed by atoms with Gasteiger partial charge < -0.3 is 9.15 Å². The summed E-state index contributed by atoms with van der Waals surface area (Å²) in [5, 5.41) is 0. The molecule has 0 N–H and O–H groups in total. The molecule has 21 heavy (non-hydrogen) atoms. The monoisotopic (exact) mass is 355 g/mol. The Hall–Kier alpha value is -1.69. The fourth-order valence-electron chi connectivity index (χ4n) is 1.82. The minimum atomic E-state index is -0.541. The third-order valence-electron chi connectivity index (χ3n) is 2.83. The van der Waals surface area contributed by atoms with Crippen LogP contribution in [0, 0.1) is 5.82 Å². The molecule has 1 aromatic heterocycles. The maximum Gasteiger partial charge on any atom is 0.376 e. The highest BCUT2D eigenvalue weighted by molar-refractivity contribution is 9.10. The van der Waals surface area contributed by atoms with Crippen LogP contribution < -0.4 is 0 Å². The number of carbonyl (C=O) groups excluding carboxylic acids is 1. The number of halogens is 2. The van der Waals surface area contributed by atoms with Gasteiger partial charge in [0.25, 0.3) is 0 Å². The van der Waals surface area contributed by atoms with Crippen LogP contribution in [0.2, 0.25) is 0 Å². The Balaban J connectivity index is 2.48. The van der Waals surface area contributed by atoms with Gasteiger partial charge in [-0.2, -0.15) is 0 Å². The van der Waals surface area contributed by atoms with Crippen LogP contribution in [0.25, 0.3) is 11.5 Å². The fourth-order valence-corrected chi connectivity index (χ4v) is 2.20. The van der Waals surface area contributed by atoms with Crippen LogP contribution in [0.15, 0.2) is 27.1 Å². The molecule has 1 aromatic carbocycles. The molecule has 0 radical (unpaired) electrons.